The molecular formula is C83H123N21O27. The Labute approximate surface area is 753 Å². The average molecular weight is 1850 g/mol. The molecule has 0 spiro atoms. The molecule has 131 heavy (non-hydrogen) atoms. The van der Waals surface area contributed by atoms with Gasteiger partial charge in [-0.3, -0.25) is 91.1 Å². The third-order valence-electron chi connectivity index (χ3n) is 27.8. The summed E-state index contributed by atoms with van der Waals surface area (Å²) in [6.45, 7) is -4.16. The molecule has 0 bridgehead atoms. The third kappa shape index (κ3) is 22.2. The van der Waals surface area contributed by atoms with Gasteiger partial charge in [-0.05, 0) is 122 Å². The maximum Gasteiger partial charge on any atom is 0.326 e. The summed E-state index contributed by atoms with van der Waals surface area (Å²) in [4.78, 5) is 291. The normalized spacial score (nSPS) is 30.2. The van der Waals surface area contributed by atoms with E-state index in [1.54, 1.807) is 0 Å². The van der Waals surface area contributed by atoms with Crippen LogP contribution >= 0.6 is 0 Å². The number of nitrogens with one attached hydrogen (secondary N) is 8. The van der Waals surface area contributed by atoms with E-state index in [0.29, 0.717) is 77.3 Å². The molecule has 13 fully saturated rings. The van der Waals surface area contributed by atoms with Gasteiger partial charge in [0.25, 0.3) is 0 Å². The van der Waals surface area contributed by atoms with Crippen molar-refractivity contribution < 1.29 is 132 Å². The number of carbonyl (C=O) groups is 20. The van der Waals surface area contributed by atoms with Crippen molar-refractivity contribution in [2.45, 2.75) is 269 Å². The van der Waals surface area contributed by atoms with Gasteiger partial charge in [-0.25, -0.2) is 4.79 Å². The van der Waals surface area contributed by atoms with Gasteiger partial charge >= 0.3 is 5.97 Å². The Morgan fingerprint density at radius 2 is 0.550 bits per heavy atom. The number of carboxylic acid groups (broad SMARTS) is 1. The number of unbranched alkanes of at least 4 members (excludes halogenated alkanes) is 1. The molecule has 48 heteroatoms. The van der Waals surface area contributed by atoms with Gasteiger partial charge in [0.2, 0.25) is 112 Å². The van der Waals surface area contributed by atoms with Gasteiger partial charge in [0.05, 0.1) is 81.9 Å². The number of nitrogens with zero attached hydrogens (tertiary/aromatic N) is 12. The Hall–Kier alpha value is -10.9. The highest BCUT2D eigenvalue weighted by molar-refractivity contribution is 6.02. The number of carbonyl (C=O) groups excluding carboxylic acids is 19. The van der Waals surface area contributed by atoms with Crippen LogP contribution < -0.4 is 48.3 Å². The summed E-state index contributed by atoms with van der Waals surface area (Å²) in [6.07, 6.45) is -2.40. The number of rotatable bonds is 31. The van der Waals surface area contributed by atoms with Crippen molar-refractivity contribution in [1.29, 1.82) is 0 Å². The summed E-state index contributed by atoms with van der Waals surface area (Å²) in [5, 5.41) is 94.7. The minimum Gasteiger partial charge on any atom is -0.480 e. The van der Waals surface area contributed by atoms with Crippen LogP contribution in [0.5, 0.6) is 0 Å². The molecule has 13 saturated heterocycles. The molecule has 48 nitrogen and oxygen atoms in total. The first-order valence-electron chi connectivity index (χ1n) is 45.9. The fourth-order valence-electron chi connectivity index (χ4n) is 21.2. The first-order valence-corrected chi connectivity index (χ1v) is 45.9. The van der Waals surface area contributed by atoms with E-state index < -0.39 is 273 Å². The lowest BCUT2D eigenvalue weighted by molar-refractivity contribution is -0.149. The van der Waals surface area contributed by atoms with Crippen LogP contribution in [0.25, 0.3) is 0 Å². The van der Waals surface area contributed by atoms with E-state index in [1.165, 1.54) is 34.3 Å². The standard InChI is InChI=1S/C83H123N21O27/c84-18-2-1-10-50(76(123)99-25-9-17-58(99)83(130)131)92-64(111)33-86-70(117)53-12-4-20-94(53)78(125)59-27-45(106)39-100(59)66(113)35-88-72(119)55-14-6-22-96(55)80(127)61-29-47(108)41-102(61)68(115)37-90-74(121)57-16-8-24-98(57)82(129)63-31-49(110)43-104(63)69(116)38-91-75(122)56-15-7-23-97(56)81(128)62-30-48(109)42-103(62)67(114)36-89-73(120)54-13-5-21-95(54)79(126)60-28-46(107)40-101(60)65(112)34-87-71(118)52-11-3-19-93(52)77(124)51-26-44(105)32-85-51/h44-63,85,105-110H,1-43,84H2,(H,86,117)(H,87,118)(H,88,119)(H,89,120)(H,90,121)(H,91,122)(H,92,111)(H,130,131)/t44-,45-,46-,47-,48-,49-,50+,51+,52+,53+,54+,55+,56+,57+,58+,59+,60+,61+,62+,63+/m1/s1. The number of hydrogen-bond acceptors (Lipinski definition) is 28. The van der Waals surface area contributed by atoms with E-state index >= 15 is 0 Å². The zero-order valence-electron chi connectivity index (χ0n) is 73.2. The van der Waals surface area contributed by atoms with Crippen LogP contribution in [-0.4, -0.2) is 465 Å². The first-order chi connectivity index (χ1) is 62.6. The molecule has 17 N–H and O–H groups in total. The van der Waals surface area contributed by atoms with Crippen LogP contribution in [0, 0.1) is 0 Å². The Morgan fingerprint density at radius 3 is 0.802 bits per heavy atom. The number of amides is 19. The number of nitrogens with two attached hydrogens (primary N) is 1. The molecule has 13 aliphatic heterocycles. The number of aliphatic carboxylic acids is 1. The van der Waals surface area contributed by atoms with Crippen LogP contribution in [0.2, 0.25) is 0 Å². The molecule has 13 aliphatic rings. The largest absolute Gasteiger partial charge is 0.480 e. The highest BCUT2D eigenvalue weighted by Crippen LogP contribution is 2.34. The maximum atomic E-state index is 14.5. The van der Waals surface area contributed by atoms with Gasteiger partial charge in [0.15, 0.2) is 0 Å². The second kappa shape index (κ2) is 43.2. The fraction of sp³-hybridized carbons (Fsp3) is 0.759. The molecule has 0 radical (unpaired) electrons. The second-order valence-corrected chi connectivity index (χ2v) is 36.5. The van der Waals surface area contributed by atoms with Crippen molar-refractivity contribution >= 4 is 118 Å². The average Bonchev–Trinajstić information content (AvgIpc) is 1.66. The Morgan fingerprint density at radius 1 is 0.298 bits per heavy atom. The van der Waals surface area contributed by atoms with Crippen LogP contribution in [0.4, 0.5) is 0 Å². The summed E-state index contributed by atoms with van der Waals surface area (Å²) in [5.74, 6) is -14.5. The number of β-amino-alcohol motifs (C(OH)–C–C–N with tert-alkyl or cyclic N) is 6. The van der Waals surface area contributed by atoms with Crippen molar-refractivity contribution in [3.63, 3.8) is 0 Å². The predicted molar refractivity (Wildman–Crippen MR) is 447 cm³/mol. The topological polar surface area (TPSA) is 644 Å². The summed E-state index contributed by atoms with van der Waals surface area (Å²) in [6, 6.07) is -15.8. The first kappa shape index (κ1) is 97.6. The van der Waals surface area contributed by atoms with Gasteiger partial charge in [-0.15, -0.1) is 0 Å². The highest BCUT2D eigenvalue weighted by atomic mass is 16.4. The predicted octanol–water partition coefficient (Wildman–Crippen LogP) is -12.1. The molecule has 0 saturated carbocycles. The molecule has 13 rings (SSSR count). The van der Waals surface area contributed by atoms with Gasteiger partial charge in [-0.2, -0.15) is 0 Å². The van der Waals surface area contributed by atoms with Crippen LogP contribution in [0.1, 0.15) is 148 Å². The van der Waals surface area contributed by atoms with E-state index in [2.05, 4.69) is 42.5 Å². The van der Waals surface area contributed by atoms with Crippen molar-refractivity contribution in [2.24, 2.45) is 5.73 Å². The SMILES string of the molecule is NCCCC[C@H](NC(=O)CNC(=O)[C@@H]1CCCN1C(=O)[C@@H]1C[C@@H](O)CN1C(=O)CNC(=O)[C@@H]1CCCN1C(=O)[C@@H]1C[C@@H](O)CN1C(=O)CNC(=O)[C@@H]1CCCN1C(=O)[C@@H]1C[C@@H](O)CN1C(=O)CNC(=O)[C@@H]1CCCN1C(=O)[C@@H]1C[C@@H](O)CN1C(=O)CNC(=O)[C@@H]1CCCN1C(=O)[C@@H]1C[C@@H](O)CN1C(=O)CNC(=O)[C@@H]1CCCN1C(=O)[C@@H]1C[C@@H](O)CN1)C(=O)N1CCC[C@H]1C(=O)O. The van der Waals surface area contributed by atoms with Crippen molar-refractivity contribution in [3.8, 4) is 0 Å². The maximum absolute atomic E-state index is 14.5. The van der Waals surface area contributed by atoms with E-state index in [9.17, 15) is 132 Å². The Bertz CT molecular complexity index is 4400. The lowest BCUT2D eigenvalue weighted by Crippen LogP contribution is -2.57. The number of aliphatic hydroxyl groups excluding tert-OH is 6. The van der Waals surface area contributed by atoms with Gasteiger partial charge < -0.3 is 143 Å². The fourth-order valence-corrected chi connectivity index (χ4v) is 21.2. The van der Waals surface area contributed by atoms with Gasteiger partial charge in [-0.1, -0.05) is 0 Å². The molecule has 0 aliphatic carbocycles. The molecule has 0 unspecified atom stereocenters. The van der Waals surface area contributed by atoms with E-state index in [0.717, 1.165) is 24.5 Å². The number of likely N-dealkylation sites (tertiary alicyclic amines) is 12. The van der Waals surface area contributed by atoms with Crippen molar-refractivity contribution in [1.82, 2.24) is 101 Å². The van der Waals surface area contributed by atoms with Gasteiger partial charge in [0.1, 0.15) is 78.5 Å². The molecule has 0 aromatic heterocycles. The van der Waals surface area contributed by atoms with Crippen molar-refractivity contribution in [2.75, 3.05) is 131 Å². The summed E-state index contributed by atoms with van der Waals surface area (Å²) < 4.78 is 0. The molecule has 19 amide bonds. The lowest BCUT2D eigenvalue weighted by atomic mass is 10.1. The molecular weight excluding hydrogens is 1720 g/mol. The van der Waals surface area contributed by atoms with E-state index in [-0.39, 0.29) is 168 Å². The highest BCUT2D eigenvalue weighted by Gasteiger charge is 2.53. The summed E-state index contributed by atoms with van der Waals surface area (Å²) in [7, 11) is 0. The van der Waals surface area contributed by atoms with Gasteiger partial charge in [0, 0.05) is 117 Å². The van der Waals surface area contributed by atoms with Crippen molar-refractivity contribution in [3.05, 3.63) is 0 Å². The quantitative estimate of drug-likeness (QED) is 0.0287. The monoisotopic (exact) mass is 1850 g/mol. The number of carboxylic acids is 1. The zero-order valence-corrected chi connectivity index (χ0v) is 73.2. The third-order valence-corrected chi connectivity index (χ3v) is 27.8. The minimum atomic E-state index is -1.32. The summed E-state index contributed by atoms with van der Waals surface area (Å²) in [5.41, 5.74) is 5.65. The number of hydrogen-bond donors (Lipinski definition) is 16. The lowest BCUT2D eigenvalue weighted by Gasteiger charge is -2.32. The zero-order chi connectivity index (χ0) is 94.1. The van der Waals surface area contributed by atoms with E-state index in [1.807, 2.05) is 0 Å². The molecule has 722 valence electrons. The smallest absolute Gasteiger partial charge is 0.326 e. The molecule has 20 atom stereocenters. The molecule has 0 aromatic carbocycles. The molecule has 0 aromatic rings. The summed E-state index contributed by atoms with van der Waals surface area (Å²) >= 11 is 0. The minimum absolute atomic E-state index is 0.0263. The van der Waals surface area contributed by atoms with Crippen LogP contribution in [0.15, 0.2) is 0 Å². The van der Waals surface area contributed by atoms with Crippen LogP contribution in [-0.2, 0) is 95.9 Å². The Kier molecular flexibility index (Phi) is 32.2. The van der Waals surface area contributed by atoms with Crippen LogP contribution in [0.3, 0.4) is 0 Å². The number of aliphatic hydroxyl groups is 6. The van der Waals surface area contributed by atoms with E-state index in [4.69, 9.17) is 5.73 Å². The second-order valence-electron chi connectivity index (χ2n) is 36.5. The molecule has 13 heterocycles. The Balaban J connectivity index is 0.537.